The zero-order valence-corrected chi connectivity index (χ0v) is 13.4. The summed E-state index contributed by atoms with van der Waals surface area (Å²) < 4.78 is 74.4. The Balaban J connectivity index is 0.000000338. The first-order valence-electron chi connectivity index (χ1n) is 6.81. The third-order valence-electron chi connectivity index (χ3n) is 3.66. The predicted molar refractivity (Wildman–Crippen MR) is 68.9 cm³/mol. The molecule has 1 aliphatic carbocycles. The highest BCUT2D eigenvalue weighted by Gasteiger charge is 2.49. The minimum Gasteiger partial charge on any atom is -0.222 e. The fourth-order valence-electron chi connectivity index (χ4n) is 2.88. The van der Waals surface area contributed by atoms with Gasteiger partial charge in [0.25, 0.3) is 0 Å². The summed E-state index contributed by atoms with van der Waals surface area (Å²) in [5.41, 5.74) is -4.14. The molecule has 9 heteroatoms. The van der Waals surface area contributed by atoms with Crippen molar-refractivity contribution in [3.8, 4) is 0 Å². The lowest BCUT2D eigenvalue weighted by Gasteiger charge is -2.17. The van der Waals surface area contributed by atoms with Crippen LogP contribution >= 0.6 is 10.5 Å². The Kier molecular flexibility index (Phi) is 5.55. The molecule has 0 bridgehead atoms. The summed E-state index contributed by atoms with van der Waals surface area (Å²) in [6.45, 7) is 0. The molecule has 0 aliphatic heterocycles. The number of thiophene rings is 1. The largest absolute Gasteiger partial charge is 0.600 e. The van der Waals surface area contributed by atoms with Gasteiger partial charge in [-0.25, -0.2) is 18.6 Å². The lowest BCUT2D eigenvalue weighted by molar-refractivity contribution is -2.00. The molecule has 1 aliphatic rings. The van der Waals surface area contributed by atoms with Crippen LogP contribution in [0, 0.1) is 10.2 Å². The third kappa shape index (κ3) is 5.03. The molecule has 4 nitrogen and oxygen atoms in total. The van der Waals surface area contributed by atoms with E-state index < -0.39 is 26.2 Å². The number of fused-ring (bicyclic) bond motifs is 1. The number of benzene rings is 1. The maximum atomic E-state index is 13.3. The number of alkyl halides is 3. The van der Waals surface area contributed by atoms with Gasteiger partial charge in [-0.1, -0.05) is 25.0 Å². The maximum absolute atomic E-state index is 13.3. The van der Waals surface area contributed by atoms with Crippen LogP contribution in [0.4, 0.5) is 13.2 Å². The topological polar surface area (TPSA) is 92.2 Å². The second kappa shape index (κ2) is 6.92. The van der Waals surface area contributed by atoms with E-state index in [4.69, 9.17) is 18.6 Å². The number of halogens is 4. The van der Waals surface area contributed by atoms with Gasteiger partial charge in [0, 0.05) is 17.4 Å². The molecule has 1 aromatic carbocycles. The number of hydrogen-bond donors (Lipinski definition) is 0. The average Bonchev–Trinajstić information content (AvgIpc) is 3.02. The average molecular weight is 371 g/mol. The van der Waals surface area contributed by atoms with Gasteiger partial charge in [0.2, 0.25) is 0 Å². The summed E-state index contributed by atoms with van der Waals surface area (Å²) in [5, 5.41) is 0.764. The quantitative estimate of drug-likeness (QED) is 0.699. The Bertz CT molecular complexity index is 654. The van der Waals surface area contributed by atoms with Crippen LogP contribution in [0.5, 0.6) is 0 Å². The van der Waals surface area contributed by atoms with Crippen LogP contribution in [-0.4, -0.2) is 0 Å². The van der Waals surface area contributed by atoms with Crippen molar-refractivity contribution in [3.63, 3.8) is 0 Å². The minimum absolute atomic E-state index is 0.141. The van der Waals surface area contributed by atoms with Gasteiger partial charge in [-0.2, -0.15) is 0 Å². The Morgan fingerprint density at radius 2 is 1.52 bits per heavy atom. The van der Waals surface area contributed by atoms with Gasteiger partial charge in [0.15, 0.2) is 9.58 Å². The summed E-state index contributed by atoms with van der Waals surface area (Å²) >= 11 is 0. The van der Waals surface area contributed by atoms with Crippen molar-refractivity contribution in [3.05, 3.63) is 35.2 Å². The van der Waals surface area contributed by atoms with Crippen LogP contribution < -0.4 is 18.6 Å². The van der Waals surface area contributed by atoms with Crippen LogP contribution in [0.3, 0.4) is 0 Å². The molecule has 0 N–H and O–H groups in total. The monoisotopic (exact) mass is 370 g/mol. The van der Waals surface area contributed by atoms with E-state index in [0.717, 1.165) is 31.1 Å². The molecule has 1 fully saturated rings. The Morgan fingerprint density at radius 3 is 2.04 bits per heavy atom. The lowest BCUT2D eigenvalue weighted by atomic mass is 10.1. The molecule has 128 valence electrons. The van der Waals surface area contributed by atoms with Crippen molar-refractivity contribution in [1.29, 1.82) is 0 Å². The molecule has 23 heavy (non-hydrogen) atoms. The summed E-state index contributed by atoms with van der Waals surface area (Å²) in [5.74, 6) is 0.141. The molecule has 0 amide bonds. The Labute approximate surface area is 135 Å². The molecule has 0 saturated heterocycles. The molecule has 1 heterocycles. The second-order valence-corrected chi connectivity index (χ2v) is 7.94. The van der Waals surface area contributed by atoms with E-state index in [0.29, 0.717) is 9.58 Å². The first-order chi connectivity index (χ1) is 10.6. The Morgan fingerprint density at radius 1 is 1.00 bits per heavy atom. The standard InChI is InChI=1S/C14H14F3S.ClHO4/c15-14(16,17)18-12-8-4-3-7-11(12)9-13(18)10-5-1-2-6-10;2-1(3,4)5/h3-4,7-10H,1-2,5-6H2;(H,2,3,4,5)/q+1;/p-1. The fourth-order valence-corrected chi connectivity index (χ4v) is 5.04. The van der Waals surface area contributed by atoms with Crippen LogP contribution in [0.15, 0.2) is 30.3 Å². The van der Waals surface area contributed by atoms with Crippen molar-refractivity contribution >= 4 is 20.6 Å². The van der Waals surface area contributed by atoms with E-state index in [1.807, 2.05) is 6.07 Å². The zero-order valence-electron chi connectivity index (χ0n) is 11.8. The first kappa shape index (κ1) is 18.4. The summed E-state index contributed by atoms with van der Waals surface area (Å²) in [4.78, 5) is 0.626. The van der Waals surface area contributed by atoms with Gasteiger partial charge in [0.05, 0.1) is 10.5 Å². The van der Waals surface area contributed by atoms with Crippen molar-refractivity contribution in [2.75, 3.05) is 0 Å². The van der Waals surface area contributed by atoms with Gasteiger partial charge in [-0.05, 0) is 25.0 Å². The van der Waals surface area contributed by atoms with Crippen molar-refractivity contribution < 1.29 is 42.1 Å². The van der Waals surface area contributed by atoms with Gasteiger partial charge in [-0.3, -0.25) is 0 Å². The van der Waals surface area contributed by atoms with Crippen LogP contribution in [-0.2, 0) is 5.51 Å². The van der Waals surface area contributed by atoms with Crippen LogP contribution in [0.1, 0.15) is 36.5 Å². The third-order valence-corrected chi connectivity index (χ3v) is 5.86. The molecule has 0 radical (unpaired) electrons. The SMILES string of the molecule is FC(F)(F)[s+]1c(C2CCCC2)cc2ccccc21.[O-][Cl+3]([O-])([O-])[O-]. The maximum Gasteiger partial charge on any atom is 0.600 e. The van der Waals surface area contributed by atoms with Crippen LogP contribution in [0.2, 0.25) is 0 Å². The highest BCUT2D eigenvalue weighted by molar-refractivity contribution is 7.38. The number of hydrogen-bond acceptors (Lipinski definition) is 4. The van der Waals surface area contributed by atoms with E-state index in [1.165, 1.54) is 0 Å². The summed E-state index contributed by atoms with van der Waals surface area (Å²) in [7, 11) is -6.63. The smallest absolute Gasteiger partial charge is 0.222 e. The fraction of sp³-hybridized carbons (Fsp3) is 0.429. The minimum atomic E-state index is -4.94. The Hall–Kier alpha value is -0.900. The van der Waals surface area contributed by atoms with E-state index in [9.17, 15) is 13.2 Å². The van der Waals surface area contributed by atoms with Gasteiger partial charge in [0.1, 0.15) is 0 Å². The van der Waals surface area contributed by atoms with Gasteiger partial charge in [-0.15, -0.1) is 23.4 Å². The molecular formula is C14H14ClF3O4S. The molecular weight excluding hydrogens is 357 g/mol. The highest BCUT2D eigenvalue weighted by atomic mass is 35.7. The van der Waals surface area contributed by atoms with E-state index in [1.54, 1.807) is 24.3 Å². The van der Waals surface area contributed by atoms with Gasteiger partial charge < -0.3 is 0 Å². The van der Waals surface area contributed by atoms with Crippen molar-refractivity contribution in [1.82, 2.24) is 0 Å². The van der Waals surface area contributed by atoms with E-state index in [-0.39, 0.29) is 5.92 Å². The van der Waals surface area contributed by atoms with E-state index in [2.05, 4.69) is 0 Å². The normalized spacial score (nSPS) is 17.3. The molecule has 2 aromatic rings. The van der Waals surface area contributed by atoms with Crippen molar-refractivity contribution in [2.24, 2.45) is 0 Å². The number of rotatable bonds is 1. The second-order valence-electron chi connectivity index (χ2n) is 5.20. The van der Waals surface area contributed by atoms with E-state index >= 15 is 0 Å². The predicted octanol–water partition coefficient (Wildman–Crippen LogP) is 0.967. The first-order valence-corrected chi connectivity index (χ1v) is 9.27. The molecule has 1 unspecified atom stereocenters. The van der Waals surface area contributed by atoms with Crippen molar-refractivity contribution in [2.45, 2.75) is 37.1 Å². The molecule has 1 aromatic heterocycles. The molecule has 3 rings (SSSR count). The lowest BCUT2D eigenvalue weighted by Crippen LogP contribution is -2.68. The van der Waals surface area contributed by atoms with Gasteiger partial charge >= 0.3 is 5.51 Å². The summed E-state index contributed by atoms with van der Waals surface area (Å²) in [6, 6.07) is 8.73. The molecule has 1 atom stereocenters. The summed E-state index contributed by atoms with van der Waals surface area (Å²) in [6.07, 6.45) is 3.96. The molecule has 1 saturated carbocycles. The van der Waals surface area contributed by atoms with Crippen LogP contribution in [0.25, 0.3) is 10.1 Å². The molecule has 0 spiro atoms. The zero-order chi connectivity index (χ0) is 17.3. The highest BCUT2D eigenvalue weighted by Crippen LogP contribution is 2.55.